The molecule has 1 aromatic carbocycles. The molecule has 2 amide bonds. The molecule has 0 atom stereocenters. The number of piperidine rings is 1. The lowest BCUT2D eigenvalue weighted by atomic mass is 9.97. The van der Waals surface area contributed by atoms with Crippen LogP contribution in [0.2, 0.25) is 0 Å². The third-order valence-corrected chi connectivity index (χ3v) is 7.45. The molecule has 1 aromatic heterocycles. The number of rotatable bonds is 3. The Morgan fingerprint density at radius 1 is 1.03 bits per heavy atom. The van der Waals surface area contributed by atoms with Crippen molar-refractivity contribution < 1.29 is 9.59 Å². The van der Waals surface area contributed by atoms with Crippen LogP contribution < -0.4 is 5.32 Å². The van der Waals surface area contributed by atoms with E-state index < -0.39 is 0 Å². The molecule has 0 bridgehead atoms. The van der Waals surface area contributed by atoms with E-state index in [0.717, 1.165) is 67.7 Å². The summed E-state index contributed by atoms with van der Waals surface area (Å²) in [4.78, 5) is 29.7. The van der Waals surface area contributed by atoms with Crippen molar-refractivity contribution in [2.24, 2.45) is 5.92 Å². The zero-order valence-electron chi connectivity index (χ0n) is 17.4. The highest BCUT2D eigenvalue weighted by atomic mass is 32.1. The fraction of sp³-hybridized carbons (Fsp3) is 0.500. The highest BCUT2D eigenvalue weighted by Crippen LogP contribution is 2.39. The molecule has 1 fully saturated rings. The van der Waals surface area contributed by atoms with Gasteiger partial charge >= 0.3 is 0 Å². The minimum absolute atomic E-state index is 0.107. The van der Waals surface area contributed by atoms with Gasteiger partial charge < -0.3 is 10.2 Å². The number of aryl methyl sites for hydroxylation is 2. The quantitative estimate of drug-likeness (QED) is 0.684. The largest absolute Gasteiger partial charge is 0.339 e. The monoisotopic (exact) mass is 410 g/mol. The van der Waals surface area contributed by atoms with E-state index in [1.54, 1.807) is 11.3 Å². The van der Waals surface area contributed by atoms with Gasteiger partial charge in [0.2, 0.25) is 0 Å². The fourth-order valence-electron chi connectivity index (χ4n) is 4.31. The van der Waals surface area contributed by atoms with Crippen molar-refractivity contribution in [3.63, 3.8) is 0 Å². The number of fused-ring (bicyclic) bond motifs is 1. The van der Waals surface area contributed by atoms with Crippen molar-refractivity contribution in [2.45, 2.75) is 58.8 Å². The molecule has 4 nitrogen and oxygen atoms in total. The molecule has 5 heteroatoms. The number of benzene rings is 1. The highest BCUT2D eigenvalue weighted by molar-refractivity contribution is 7.17. The van der Waals surface area contributed by atoms with Crippen LogP contribution in [0.4, 0.5) is 5.00 Å². The van der Waals surface area contributed by atoms with E-state index in [9.17, 15) is 9.59 Å². The average molecular weight is 411 g/mol. The van der Waals surface area contributed by atoms with Crippen LogP contribution in [0, 0.1) is 12.8 Å². The molecule has 154 valence electrons. The van der Waals surface area contributed by atoms with Crippen LogP contribution in [0.5, 0.6) is 0 Å². The number of hydrogen-bond acceptors (Lipinski definition) is 3. The first kappa shape index (κ1) is 20.1. The summed E-state index contributed by atoms with van der Waals surface area (Å²) in [6.45, 7) is 5.89. The third kappa shape index (κ3) is 4.40. The maximum atomic E-state index is 13.5. The van der Waals surface area contributed by atoms with E-state index in [1.807, 2.05) is 36.1 Å². The van der Waals surface area contributed by atoms with Gasteiger partial charge in [-0.1, -0.05) is 31.0 Å². The van der Waals surface area contributed by atoms with Crippen LogP contribution in [-0.2, 0) is 12.8 Å². The third-order valence-electron chi connectivity index (χ3n) is 6.25. The lowest BCUT2D eigenvalue weighted by Gasteiger charge is -2.30. The Balaban J connectivity index is 1.65. The van der Waals surface area contributed by atoms with Crippen molar-refractivity contribution in [3.05, 3.63) is 51.4 Å². The van der Waals surface area contributed by atoms with E-state index in [0.29, 0.717) is 11.5 Å². The molecule has 0 unspecified atom stereocenters. The molecular formula is C24H30N2O2S. The Kier molecular flexibility index (Phi) is 6.04. The number of nitrogens with one attached hydrogen (secondary N) is 1. The average Bonchev–Trinajstić information content (AvgIpc) is 2.89. The number of nitrogens with zero attached hydrogens (tertiary/aromatic N) is 1. The van der Waals surface area contributed by atoms with Crippen LogP contribution in [0.3, 0.4) is 0 Å². The van der Waals surface area contributed by atoms with Gasteiger partial charge in [-0.05, 0) is 69.1 Å². The normalized spacial score (nSPS) is 17.5. The van der Waals surface area contributed by atoms with Crippen molar-refractivity contribution in [3.8, 4) is 0 Å². The van der Waals surface area contributed by atoms with Crippen molar-refractivity contribution in [1.29, 1.82) is 0 Å². The molecule has 1 aliphatic carbocycles. The van der Waals surface area contributed by atoms with Crippen molar-refractivity contribution in [2.75, 3.05) is 18.4 Å². The van der Waals surface area contributed by atoms with Gasteiger partial charge in [-0.25, -0.2) is 0 Å². The number of hydrogen-bond donors (Lipinski definition) is 1. The molecule has 2 aliphatic rings. The van der Waals surface area contributed by atoms with E-state index in [-0.39, 0.29) is 11.8 Å². The van der Waals surface area contributed by atoms with Crippen molar-refractivity contribution >= 4 is 28.2 Å². The van der Waals surface area contributed by atoms with Gasteiger partial charge in [-0.15, -0.1) is 11.3 Å². The summed E-state index contributed by atoms with van der Waals surface area (Å²) in [6.07, 6.45) is 7.56. The first-order valence-electron chi connectivity index (χ1n) is 10.8. The van der Waals surface area contributed by atoms with Crippen LogP contribution in [0.1, 0.15) is 75.7 Å². The Bertz CT molecular complexity index is 892. The first-order chi connectivity index (χ1) is 14.0. The second kappa shape index (κ2) is 8.70. The number of likely N-dealkylation sites (tertiary alicyclic amines) is 1. The first-order valence-corrected chi connectivity index (χ1v) is 11.7. The van der Waals surface area contributed by atoms with Gasteiger partial charge in [0.25, 0.3) is 11.8 Å². The molecule has 4 rings (SSSR count). The zero-order valence-corrected chi connectivity index (χ0v) is 18.2. The molecule has 2 aromatic rings. The second-order valence-electron chi connectivity index (χ2n) is 8.56. The minimum atomic E-state index is -0.136. The summed E-state index contributed by atoms with van der Waals surface area (Å²) in [7, 11) is 0. The molecule has 2 heterocycles. The maximum Gasteiger partial charge on any atom is 0.257 e. The Morgan fingerprint density at radius 3 is 2.45 bits per heavy atom. The summed E-state index contributed by atoms with van der Waals surface area (Å²) in [5, 5.41) is 3.83. The van der Waals surface area contributed by atoms with Gasteiger partial charge in [0.1, 0.15) is 5.00 Å². The second-order valence-corrected chi connectivity index (χ2v) is 9.67. The van der Waals surface area contributed by atoms with Crippen LogP contribution in [0.25, 0.3) is 0 Å². The summed E-state index contributed by atoms with van der Waals surface area (Å²) >= 11 is 1.61. The van der Waals surface area contributed by atoms with Gasteiger partial charge in [0.05, 0.1) is 5.56 Å². The molecule has 29 heavy (non-hydrogen) atoms. The molecule has 1 N–H and O–H groups in total. The minimum Gasteiger partial charge on any atom is -0.339 e. The Hall–Kier alpha value is -2.14. The van der Waals surface area contributed by atoms with Crippen molar-refractivity contribution in [1.82, 2.24) is 4.90 Å². The number of carbonyl (C=O) groups excluding carboxylic acids is 2. The molecular weight excluding hydrogens is 380 g/mol. The lowest BCUT2D eigenvalue weighted by molar-refractivity contribution is 0.0697. The van der Waals surface area contributed by atoms with Crippen LogP contribution in [0.15, 0.2) is 24.3 Å². The summed E-state index contributed by atoms with van der Waals surface area (Å²) in [6, 6.07) is 7.58. The van der Waals surface area contributed by atoms with E-state index in [2.05, 4.69) is 12.2 Å². The smallest absolute Gasteiger partial charge is 0.257 e. The van der Waals surface area contributed by atoms with Crippen LogP contribution >= 0.6 is 11.3 Å². The van der Waals surface area contributed by atoms with Gasteiger partial charge in [-0.3, -0.25) is 9.59 Å². The number of thiophene rings is 1. The SMILES string of the molecule is Cc1ccc(C(=O)Nc2sc3c(c2C(=O)N2CCC(C)CC2)CCCCC3)cc1. The number of amides is 2. The molecule has 1 aliphatic heterocycles. The van der Waals surface area contributed by atoms with Gasteiger partial charge in [-0.2, -0.15) is 0 Å². The molecule has 1 saturated heterocycles. The number of anilines is 1. The standard InChI is InChI=1S/C24H30N2O2S/c1-16-8-10-18(11-9-16)22(27)25-23-21(19-6-4-3-5-7-20(19)29-23)24(28)26-14-12-17(2)13-15-26/h8-11,17H,3-7,12-15H2,1-2H3,(H,25,27). The van der Waals surface area contributed by atoms with E-state index in [1.165, 1.54) is 16.9 Å². The van der Waals surface area contributed by atoms with Gasteiger partial charge in [0.15, 0.2) is 0 Å². The zero-order chi connectivity index (χ0) is 20.4. The highest BCUT2D eigenvalue weighted by Gasteiger charge is 2.30. The lowest BCUT2D eigenvalue weighted by Crippen LogP contribution is -2.38. The topological polar surface area (TPSA) is 49.4 Å². The Morgan fingerprint density at radius 2 is 1.72 bits per heavy atom. The predicted octanol–water partition coefficient (Wildman–Crippen LogP) is 5.45. The van der Waals surface area contributed by atoms with Gasteiger partial charge in [0, 0.05) is 23.5 Å². The van der Waals surface area contributed by atoms with E-state index >= 15 is 0 Å². The molecule has 0 radical (unpaired) electrons. The summed E-state index contributed by atoms with van der Waals surface area (Å²) in [5.74, 6) is 0.651. The molecule has 0 spiro atoms. The van der Waals surface area contributed by atoms with E-state index in [4.69, 9.17) is 0 Å². The molecule has 0 saturated carbocycles. The Labute approximate surface area is 177 Å². The fourth-order valence-corrected chi connectivity index (χ4v) is 5.58. The summed E-state index contributed by atoms with van der Waals surface area (Å²) < 4.78 is 0. The van der Waals surface area contributed by atoms with Crippen LogP contribution in [-0.4, -0.2) is 29.8 Å². The predicted molar refractivity (Wildman–Crippen MR) is 119 cm³/mol. The maximum absolute atomic E-state index is 13.5. The number of carbonyl (C=O) groups is 2. The summed E-state index contributed by atoms with van der Waals surface area (Å²) in [5.41, 5.74) is 3.71.